The van der Waals surface area contributed by atoms with Crippen LogP contribution in [0, 0.1) is 0 Å². The standard InChI is InChI=1S/C17H21N5O4S2/c1-2-14(23)19-16-20-21-17(27-16)28(25,26)18-10-12-6-3-4-7-13(12)11-22-9-5-8-15(22)24/h3-4,6-7,18H,2,5,8-11H2,1H3,(H,19,20,23). The van der Waals surface area contributed by atoms with Gasteiger partial charge in [-0.3, -0.25) is 9.59 Å². The van der Waals surface area contributed by atoms with Gasteiger partial charge in [0.05, 0.1) is 0 Å². The van der Waals surface area contributed by atoms with E-state index >= 15 is 0 Å². The summed E-state index contributed by atoms with van der Waals surface area (Å²) in [5.74, 6) is -0.149. The smallest absolute Gasteiger partial charge is 0.270 e. The van der Waals surface area contributed by atoms with Gasteiger partial charge in [-0.1, -0.05) is 42.5 Å². The Morgan fingerprint density at radius 1 is 1.25 bits per heavy atom. The minimum Gasteiger partial charge on any atom is -0.338 e. The molecular formula is C17H21N5O4S2. The molecule has 0 bridgehead atoms. The Balaban J connectivity index is 1.68. The van der Waals surface area contributed by atoms with Gasteiger partial charge in [-0.25, -0.2) is 13.1 Å². The summed E-state index contributed by atoms with van der Waals surface area (Å²) in [6, 6.07) is 7.40. The second-order valence-electron chi connectivity index (χ2n) is 6.29. The fraction of sp³-hybridized carbons (Fsp3) is 0.412. The molecule has 1 saturated heterocycles. The van der Waals surface area contributed by atoms with Gasteiger partial charge in [-0.05, 0) is 17.5 Å². The van der Waals surface area contributed by atoms with Crippen LogP contribution >= 0.6 is 11.3 Å². The number of sulfonamides is 1. The third kappa shape index (κ3) is 4.91. The average Bonchev–Trinajstić information content (AvgIpc) is 3.31. The van der Waals surface area contributed by atoms with Crippen molar-refractivity contribution in [3.8, 4) is 0 Å². The molecule has 2 aromatic rings. The molecule has 2 heterocycles. The van der Waals surface area contributed by atoms with Crippen LogP contribution in [0.5, 0.6) is 0 Å². The number of carbonyl (C=O) groups excluding carboxylic acids is 2. The molecule has 0 radical (unpaired) electrons. The number of nitrogens with zero attached hydrogens (tertiary/aromatic N) is 3. The average molecular weight is 424 g/mol. The molecule has 2 N–H and O–H groups in total. The highest BCUT2D eigenvalue weighted by atomic mass is 32.2. The third-order valence-electron chi connectivity index (χ3n) is 4.31. The summed E-state index contributed by atoms with van der Waals surface area (Å²) in [7, 11) is -3.87. The first-order chi connectivity index (χ1) is 13.4. The van der Waals surface area contributed by atoms with E-state index in [0.717, 1.165) is 35.4 Å². The number of aromatic nitrogens is 2. The molecule has 1 aliphatic rings. The van der Waals surface area contributed by atoms with E-state index in [1.807, 2.05) is 24.3 Å². The zero-order valence-electron chi connectivity index (χ0n) is 15.3. The maximum absolute atomic E-state index is 12.5. The van der Waals surface area contributed by atoms with E-state index in [-0.39, 0.29) is 34.3 Å². The van der Waals surface area contributed by atoms with Crippen LogP contribution in [0.2, 0.25) is 0 Å². The lowest BCUT2D eigenvalue weighted by Gasteiger charge is -2.18. The predicted molar refractivity (Wildman–Crippen MR) is 104 cm³/mol. The van der Waals surface area contributed by atoms with Crippen molar-refractivity contribution in [2.24, 2.45) is 0 Å². The normalized spacial score (nSPS) is 14.5. The van der Waals surface area contributed by atoms with Gasteiger partial charge >= 0.3 is 0 Å². The van der Waals surface area contributed by atoms with Crippen LogP contribution in [0.4, 0.5) is 5.13 Å². The van der Waals surface area contributed by atoms with E-state index in [1.54, 1.807) is 11.8 Å². The summed E-state index contributed by atoms with van der Waals surface area (Å²) in [5.41, 5.74) is 1.68. The molecular weight excluding hydrogens is 402 g/mol. The molecule has 0 aliphatic carbocycles. The highest BCUT2D eigenvalue weighted by molar-refractivity contribution is 7.91. The van der Waals surface area contributed by atoms with Crippen LogP contribution in [0.25, 0.3) is 0 Å². The van der Waals surface area contributed by atoms with Gasteiger partial charge in [0.2, 0.25) is 21.3 Å². The van der Waals surface area contributed by atoms with Crippen molar-refractivity contribution >= 4 is 38.3 Å². The summed E-state index contributed by atoms with van der Waals surface area (Å²) < 4.78 is 27.3. The Morgan fingerprint density at radius 2 is 2.00 bits per heavy atom. The highest BCUT2D eigenvalue weighted by Crippen LogP contribution is 2.21. The van der Waals surface area contributed by atoms with Crippen LogP contribution in [0.1, 0.15) is 37.3 Å². The summed E-state index contributed by atoms with van der Waals surface area (Å²) in [4.78, 5) is 25.0. The van der Waals surface area contributed by atoms with Gasteiger partial charge in [-0.2, -0.15) is 0 Å². The number of carbonyl (C=O) groups is 2. The van der Waals surface area contributed by atoms with Crippen molar-refractivity contribution in [1.82, 2.24) is 19.8 Å². The third-order valence-corrected chi connectivity index (χ3v) is 6.91. The molecule has 0 atom stereocenters. The van der Waals surface area contributed by atoms with Gasteiger partial charge in [0.1, 0.15) is 0 Å². The van der Waals surface area contributed by atoms with Crippen molar-refractivity contribution in [2.75, 3.05) is 11.9 Å². The first-order valence-corrected chi connectivity index (χ1v) is 11.2. The molecule has 9 nitrogen and oxygen atoms in total. The number of hydrogen-bond acceptors (Lipinski definition) is 7. The lowest BCUT2D eigenvalue weighted by molar-refractivity contribution is -0.128. The first-order valence-electron chi connectivity index (χ1n) is 8.86. The molecule has 3 rings (SSSR count). The maximum Gasteiger partial charge on any atom is 0.270 e. The Bertz CT molecular complexity index is 973. The molecule has 1 aromatic heterocycles. The van der Waals surface area contributed by atoms with Gasteiger partial charge in [0.15, 0.2) is 0 Å². The number of rotatable bonds is 8. The zero-order chi connectivity index (χ0) is 20.1. The lowest BCUT2D eigenvalue weighted by atomic mass is 10.1. The van der Waals surface area contributed by atoms with E-state index in [2.05, 4.69) is 20.2 Å². The molecule has 0 saturated carbocycles. The summed E-state index contributed by atoms with van der Waals surface area (Å²) in [6.07, 6.45) is 1.67. The summed E-state index contributed by atoms with van der Waals surface area (Å²) in [6.45, 7) is 2.93. The fourth-order valence-corrected chi connectivity index (χ4v) is 4.74. The molecule has 1 fully saturated rings. The second kappa shape index (κ2) is 8.76. The van der Waals surface area contributed by atoms with Gasteiger partial charge < -0.3 is 10.2 Å². The summed E-state index contributed by atoms with van der Waals surface area (Å²) in [5, 5.41) is 9.97. The van der Waals surface area contributed by atoms with E-state index in [1.165, 1.54) is 0 Å². The van der Waals surface area contributed by atoms with Crippen molar-refractivity contribution in [3.63, 3.8) is 0 Å². The van der Waals surface area contributed by atoms with Gasteiger partial charge in [0, 0.05) is 32.5 Å². The highest BCUT2D eigenvalue weighted by Gasteiger charge is 2.23. The molecule has 2 amide bonds. The zero-order valence-corrected chi connectivity index (χ0v) is 17.0. The molecule has 1 aliphatic heterocycles. The van der Waals surface area contributed by atoms with Crippen molar-refractivity contribution < 1.29 is 18.0 Å². The van der Waals surface area contributed by atoms with Crippen LogP contribution in [0.3, 0.4) is 0 Å². The SMILES string of the molecule is CCC(=O)Nc1nnc(S(=O)(=O)NCc2ccccc2CN2CCCC2=O)s1. The van der Waals surface area contributed by atoms with Gasteiger partial charge in [-0.15, -0.1) is 10.2 Å². The predicted octanol–water partition coefficient (Wildman–Crippen LogP) is 1.49. The quantitative estimate of drug-likeness (QED) is 0.621. The second-order valence-corrected chi connectivity index (χ2v) is 9.21. The molecule has 0 spiro atoms. The number of benzene rings is 1. The topological polar surface area (TPSA) is 121 Å². The molecule has 28 heavy (non-hydrogen) atoms. The lowest BCUT2D eigenvalue weighted by Crippen LogP contribution is -2.27. The first kappa shape index (κ1) is 20.4. The Morgan fingerprint density at radius 3 is 2.68 bits per heavy atom. The molecule has 0 unspecified atom stereocenters. The maximum atomic E-state index is 12.5. The monoisotopic (exact) mass is 423 g/mol. The van der Waals surface area contributed by atoms with E-state index < -0.39 is 10.0 Å². The van der Waals surface area contributed by atoms with Crippen LogP contribution in [0.15, 0.2) is 28.6 Å². The van der Waals surface area contributed by atoms with E-state index in [4.69, 9.17) is 0 Å². The Kier molecular flexibility index (Phi) is 6.37. The van der Waals surface area contributed by atoms with E-state index in [9.17, 15) is 18.0 Å². The van der Waals surface area contributed by atoms with Crippen LogP contribution in [-0.2, 0) is 32.7 Å². The number of nitrogens with one attached hydrogen (secondary N) is 2. The Labute approximate surface area is 167 Å². The van der Waals surface area contributed by atoms with Crippen LogP contribution in [-0.4, -0.2) is 41.9 Å². The van der Waals surface area contributed by atoms with Gasteiger partial charge in [0.25, 0.3) is 10.0 Å². The molecule has 150 valence electrons. The Hall–Kier alpha value is -2.37. The van der Waals surface area contributed by atoms with Crippen molar-refractivity contribution in [2.45, 2.75) is 43.6 Å². The van der Waals surface area contributed by atoms with Crippen LogP contribution < -0.4 is 10.0 Å². The summed E-state index contributed by atoms with van der Waals surface area (Å²) >= 11 is 0.792. The molecule has 11 heteroatoms. The molecule has 1 aromatic carbocycles. The largest absolute Gasteiger partial charge is 0.338 e. The number of anilines is 1. The number of likely N-dealkylation sites (tertiary alicyclic amines) is 1. The minimum atomic E-state index is -3.87. The van der Waals surface area contributed by atoms with Crippen molar-refractivity contribution in [1.29, 1.82) is 0 Å². The number of amides is 2. The van der Waals surface area contributed by atoms with E-state index in [0.29, 0.717) is 13.0 Å². The fourth-order valence-electron chi connectivity index (χ4n) is 2.77. The number of hydrogen-bond donors (Lipinski definition) is 2. The van der Waals surface area contributed by atoms with Crippen molar-refractivity contribution in [3.05, 3.63) is 35.4 Å². The minimum absolute atomic E-state index is 0.0662.